The molecule has 1 aromatic heterocycles. The van der Waals surface area contributed by atoms with E-state index in [0.717, 1.165) is 5.30 Å². The minimum atomic E-state index is -1.81. The predicted molar refractivity (Wildman–Crippen MR) is 44.9 cm³/mol. The number of hydrogen-bond acceptors (Lipinski definition) is 2. The van der Waals surface area contributed by atoms with E-state index >= 15 is 0 Å². The van der Waals surface area contributed by atoms with Crippen LogP contribution in [0.25, 0.3) is 0 Å². The van der Waals surface area contributed by atoms with Gasteiger partial charge in [0.2, 0.25) is 0 Å². The van der Waals surface area contributed by atoms with Gasteiger partial charge in [0, 0.05) is 24.5 Å². The maximum absolute atomic E-state index is 9.57. The van der Waals surface area contributed by atoms with Crippen molar-refractivity contribution < 1.29 is 4.89 Å². The molecule has 1 aromatic rings. The van der Waals surface area contributed by atoms with Gasteiger partial charge in [-0.25, -0.2) is 4.89 Å². The van der Waals surface area contributed by atoms with Crippen molar-refractivity contribution in [3.05, 3.63) is 24.5 Å². The van der Waals surface area contributed by atoms with E-state index in [-0.39, 0.29) is 0 Å². The van der Waals surface area contributed by atoms with E-state index in [4.69, 9.17) is 0 Å². The first-order chi connectivity index (χ1) is 4.61. The largest absolute Gasteiger partial charge is 0.264 e. The van der Waals surface area contributed by atoms with E-state index in [1.54, 1.807) is 12.4 Å². The summed E-state index contributed by atoms with van der Waals surface area (Å²) in [5.74, 6) is 0. The molecule has 1 rings (SSSR count). The summed E-state index contributed by atoms with van der Waals surface area (Å²) in [6.45, 7) is 3.73. The summed E-state index contributed by atoms with van der Waals surface area (Å²) in [5, 5.41) is 1.00. The Hall–Kier alpha value is -0.460. The van der Waals surface area contributed by atoms with Gasteiger partial charge in [0.1, 0.15) is 5.30 Å². The molecule has 0 saturated carbocycles. The van der Waals surface area contributed by atoms with Crippen LogP contribution in [-0.2, 0) is 0 Å². The summed E-state index contributed by atoms with van der Waals surface area (Å²) in [5.41, 5.74) is 0. The lowest BCUT2D eigenvalue weighted by atomic mass is 10.5. The summed E-state index contributed by atoms with van der Waals surface area (Å²) in [7, 11) is -1.81. The van der Waals surface area contributed by atoms with Crippen LogP contribution in [0.1, 0.15) is 0 Å². The van der Waals surface area contributed by atoms with Gasteiger partial charge >= 0.3 is 0 Å². The zero-order valence-corrected chi connectivity index (χ0v) is 7.05. The Kier molecular flexibility index (Phi) is 2.02. The number of nitrogens with zero attached hydrogens (tertiary/aromatic N) is 1. The van der Waals surface area contributed by atoms with Gasteiger partial charge in [-0.05, 0) is 0 Å². The predicted octanol–water partition coefficient (Wildman–Crippen LogP) is 0.891. The number of hydrogen-bond donors (Lipinski definition) is 1. The monoisotopic (exact) mass is 156 g/mol. The average molecular weight is 156 g/mol. The summed E-state index contributed by atoms with van der Waals surface area (Å²) >= 11 is 0. The molecular formula is C7H11NOP+. The lowest BCUT2D eigenvalue weighted by Gasteiger charge is -2.06. The zero-order valence-electron chi connectivity index (χ0n) is 6.15. The molecule has 0 radical (unpaired) electrons. The molecule has 0 saturated heterocycles. The van der Waals surface area contributed by atoms with Crippen molar-refractivity contribution in [3.63, 3.8) is 0 Å². The second kappa shape index (κ2) is 2.65. The molecule has 0 atom stereocenters. The third kappa shape index (κ3) is 1.76. The zero-order chi connectivity index (χ0) is 7.61. The molecule has 0 amide bonds. The SMILES string of the molecule is C[P+](C)(O)c1ccncc1. The quantitative estimate of drug-likeness (QED) is 0.612. The fraction of sp³-hybridized carbons (Fsp3) is 0.286. The maximum Gasteiger partial charge on any atom is 0.168 e. The van der Waals surface area contributed by atoms with Crippen LogP contribution >= 0.6 is 7.49 Å². The Morgan fingerprint density at radius 3 is 2.10 bits per heavy atom. The van der Waals surface area contributed by atoms with Crippen molar-refractivity contribution >= 4 is 12.8 Å². The summed E-state index contributed by atoms with van der Waals surface area (Å²) < 4.78 is 0. The smallest absolute Gasteiger partial charge is 0.168 e. The van der Waals surface area contributed by atoms with Crippen LogP contribution in [-0.4, -0.2) is 23.2 Å². The fourth-order valence-corrected chi connectivity index (χ4v) is 1.57. The Bertz CT molecular complexity index is 205. The van der Waals surface area contributed by atoms with Crippen molar-refractivity contribution in [1.29, 1.82) is 0 Å². The molecule has 10 heavy (non-hydrogen) atoms. The van der Waals surface area contributed by atoms with Crippen molar-refractivity contribution in [2.24, 2.45) is 0 Å². The Morgan fingerprint density at radius 1 is 1.30 bits per heavy atom. The molecule has 0 aromatic carbocycles. The fourth-order valence-electron chi connectivity index (χ4n) is 0.709. The highest BCUT2D eigenvalue weighted by atomic mass is 31.2. The van der Waals surface area contributed by atoms with Gasteiger partial charge in [-0.2, -0.15) is 0 Å². The highest BCUT2D eigenvalue weighted by Crippen LogP contribution is 2.43. The number of pyridine rings is 1. The van der Waals surface area contributed by atoms with Crippen LogP contribution in [0.4, 0.5) is 0 Å². The highest BCUT2D eigenvalue weighted by molar-refractivity contribution is 7.76. The van der Waals surface area contributed by atoms with Crippen molar-refractivity contribution in [3.8, 4) is 0 Å². The van der Waals surface area contributed by atoms with Gasteiger partial charge in [-0.1, -0.05) is 0 Å². The summed E-state index contributed by atoms with van der Waals surface area (Å²) in [4.78, 5) is 13.4. The van der Waals surface area contributed by atoms with Gasteiger partial charge in [0.15, 0.2) is 7.49 Å². The van der Waals surface area contributed by atoms with Gasteiger partial charge < -0.3 is 0 Å². The van der Waals surface area contributed by atoms with Crippen LogP contribution in [0.5, 0.6) is 0 Å². The minimum Gasteiger partial charge on any atom is -0.264 e. The van der Waals surface area contributed by atoms with Crippen LogP contribution in [0.15, 0.2) is 24.5 Å². The first-order valence-corrected chi connectivity index (χ1v) is 5.71. The number of aromatic nitrogens is 1. The molecule has 0 aliphatic rings. The average Bonchev–Trinajstić information content (AvgIpc) is 1.88. The van der Waals surface area contributed by atoms with E-state index in [1.807, 2.05) is 25.5 Å². The van der Waals surface area contributed by atoms with Crippen LogP contribution < -0.4 is 5.30 Å². The van der Waals surface area contributed by atoms with Crippen LogP contribution in [0.3, 0.4) is 0 Å². The standard InChI is InChI=1S/C7H11NOP/c1-10(2,9)7-3-5-8-6-4-7/h3-6,9H,1-2H3/q+1. The van der Waals surface area contributed by atoms with Gasteiger partial charge in [-0.15, -0.1) is 0 Å². The summed E-state index contributed by atoms with van der Waals surface area (Å²) in [6.07, 6.45) is 3.40. The third-order valence-electron chi connectivity index (χ3n) is 1.29. The van der Waals surface area contributed by atoms with Gasteiger partial charge in [0.25, 0.3) is 0 Å². The Labute approximate surface area is 61.3 Å². The Morgan fingerprint density at radius 2 is 1.80 bits per heavy atom. The van der Waals surface area contributed by atoms with Crippen LogP contribution in [0.2, 0.25) is 0 Å². The molecule has 0 spiro atoms. The third-order valence-corrected chi connectivity index (χ3v) is 2.86. The first kappa shape index (κ1) is 7.64. The summed E-state index contributed by atoms with van der Waals surface area (Å²) in [6, 6.07) is 3.71. The van der Waals surface area contributed by atoms with Gasteiger partial charge in [0.05, 0.1) is 13.3 Å². The lowest BCUT2D eigenvalue weighted by Crippen LogP contribution is -2.07. The molecule has 3 heteroatoms. The van der Waals surface area contributed by atoms with E-state index in [9.17, 15) is 4.89 Å². The molecule has 54 valence electrons. The topological polar surface area (TPSA) is 33.1 Å². The van der Waals surface area contributed by atoms with E-state index in [2.05, 4.69) is 4.98 Å². The molecule has 0 aliphatic heterocycles. The van der Waals surface area contributed by atoms with Crippen LogP contribution in [0, 0.1) is 0 Å². The molecule has 2 nitrogen and oxygen atoms in total. The molecule has 0 fully saturated rings. The maximum atomic E-state index is 9.57. The molecular weight excluding hydrogens is 145 g/mol. The molecule has 0 aliphatic carbocycles. The molecule has 0 unspecified atom stereocenters. The molecule has 1 heterocycles. The second-order valence-electron chi connectivity index (χ2n) is 2.60. The lowest BCUT2D eigenvalue weighted by molar-refractivity contribution is 0.625. The van der Waals surface area contributed by atoms with E-state index < -0.39 is 7.49 Å². The highest BCUT2D eigenvalue weighted by Gasteiger charge is 2.23. The van der Waals surface area contributed by atoms with Crippen molar-refractivity contribution in [2.45, 2.75) is 0 Å². The minimum absolute atomic E-state index is 1.00. The van der Waals surface area contributed by atoms with E-state index in [1.165, 1.54) is 0 Å². The van der Waals surface area contributed by atoms with Crippen molar-refractivity contribution in [2.75, 3.05) is 13.3 Å². The van der Waals surface area contributed by atoms with Crippen molar-refractivity contribution in [1.82, 2.24) is 4.98 Å². The van der Waals surface area contributed by atoms with E-state index in [0.29, 0.717) is 0 Å². The molecule has 0 bridgehead atoms. The Balaban J connectivity index is 2.97. The number of rotatable bonds is 1. The second-order valence-corrected chi connectivity index (χ2v) is 5.91. The first-order valence-electron chi connectivity index (χ1n) is 3.08. The normalized spacial score (nSPS) is 11.5. The molecule has 1 N–H and O–H groups in total. The van der Waals surface area contributed by atoms with Gasteiger partial charge in [-0.3, -0.25) is 4.98 Å².